The van der Waals surface area contributed by atoms with E-state index in [1.165, 1.54) is 25.7 Å². The Kier molecular flexibility index (Phi) is 3.59. The lowest BCUT2D eigenvalue weighted by molar-refractivity contribution is 0.397. The van der Waals surface area contributed by atoms with Gasteiger partial charge in [-0.1, -0.05) is 12.8 Å². The third-order valence-corrected chi connectivity index (χ3v) is 2.92. The van der Waals surface area contributed by atoms with Crippen LogP contribution in [-0.2, 0) is 0 Å². The Bertz CT molecular complexity index is 339. The van der Waals surface area contributed by atoms with Gasteiger partial charge < -0.3 is 10.1 Å². The van der Waals surface area contributed by atoms with Crippen LogP contribution < -0.4 is 10.1 Å². The van der Waals surface area contributed by atoms with Crippen molar-refractivity contribution in [3.63, 3.8) is 0 Å². The molecule has 0 aliphatic heterocycles. The van der Waals surface area contributed by atoms with Crippen molar-refractivity contribution in [2.24, 2.45) is 5.92 Å². The van der Waals surface area contributed by atoms with E-state index in [9.17, 15) is 0 Å². The minimum absolute atomic E-state index is 0.424. The van der Waals surface area contributed by atoms with Gasteiger partial charge in [-0.15, -0.1) is 0 Å². The maximum Gasteiger partial charge on any atom is 0.226 e. The van der Waals surface area contributed by atoms with E-state index >= 15 is 0 Å². The predicted octanol–water partition coefficient (Wildman–Crippen LogP) is 2.48. The van der Waals surface area contributed by atoms with Gasteiger partial charge in [-0.3, -0.25) is 0 Å². The van der Waals surface area contributed by atoms with E-state index in [0.717, 1.165) is 5.92 Å². The summed E-state index contributed by atoms with van der Waals surface area (Å²) in [7, 11) is 1.61. The van der Waals surface area contributed by atoms with Gasteiger partial charge in [-0.25, -0.2) is 4.98 Å². The van der Waals surface area contributed by atoms with Crippen molar-refractivity contribution >= 4 is 5.95 Å². The zero-order chi connectivity index (χ0) is 11.4. The molecule has 4 nitrogen and oxygen atoms in total. The SMILES string of the molecule is COc1ccnc(NC(C)CCC2CC2)n1. The second-order valence-corrected chi connectivity index (χ2v) is 4.49. The van der Waals surface area contributed by atoms with E-state index in [-0.39, 0.29) is 0 Å². The van der Waals surface area contributed by atoms with E-state index in [1.807, 2.05) is 0 Å². The molecule has 0 spiro atoms. The highest BCUT2D eigenvalue weighted by atomic mass is 16.5. The first-order chi connectivity index (χ1) is 7.78. The number of hydrogen-bond donors (Lipinski definition) is 1. The lowest BCUT2D eigenvalue weighted by Gasteiger charge is -2.13. The quantitative estimate of drug-likeness (QED) is 0.801. The molecule has 1 aromatic rings. The van der Waals surface area contributed by atoms with Gasteiger partial charge in [-0.05, 0) is 25.7 Å². The molecule has 0 amide bonds. The molecule has 1 N–H and O–H groups in total. The van der Waals surface area contributed by atoms with Crippen LogP contribution >= 0.6 is 0 Å². The van der Waals surface area contributed by atoms with Crippen LogP contribution in [-0.4, -0.2) is 23.1 Å². The molecule has 0 saturated heterocycles. The molecule has 16 heavy (non-hydrogen) atoms. The standard InChI is InChI=1S/C12H19N3O/c1-9(3-4-10-5-6-10)14-12-13-8-7-11(15-12)16-2/h7-10H,3-6H2,1-2H3,(H,13,14,15). The minimum atomic E-state index is 0.424. The zero-order valence-electron chi connectivity index (χ0n) is 9.94. The van der Waals surface area contributed by atoms with Crippen molar-refractivity contribution in [1.82, 2.24) is 9.97 Å². The molecule has 1 aromatic heterocycles. The molecule has 1 heterocycles. The Hall–Kier alpha value is -1.32. The smallest absolute Gasteiger partial charge is 0.226 e. The summed E-state index contributed by atoms with van der Waals surface area (Å²) in [5.74, 6) is 2.24. The van der Waals surface area contributed by atoms with E-state index in [0.29, 0.717) is 17.9 Å². The number of hydrogen-bond acceptors (Lipinski definition) is 4. The van der Waals surface area contributed by atoms with E-state index in [1.54, 1.807) is 19.4 Å². The molecule has 0 radical (unpaired) electrons. The van der Waals surface area contributed by atoms with Gasteiger partial charge >= 0.3 is 0 Å². The first-order valence-corrected chi connectivity index (χ1v) is 5.91. The third kappa shape index (κ3) is 3.36. The van der Waals surface area contributed by atoms with Gasteiger partial charge in [0.15, 0.2) is 0 Å². The summed E-state index contributed by atoms with van der Waals surface area (Å²) < 4.78 is 5.05. The number of aromatic nitrogens is 2. The summed E-state index contributed by atoms with van der Waals surface area (Å²) >= 11 is 0. The van der Waals surface area contributed by atoms with Crippen molar-refractivity contribution in [3.8, 4) is 5.88 Å². The van der Waals surface area contributed by atoms with E-state index < -0.39 is 0 Å². The van der Waals surface area contributed by atoms with Crippen molar-refractivity contribution in [3.05, 3.63) is 12.3 Å². The molecule has 1 aliphatic carbocycles. The summed E-state index contributed by atoms with van der Waals surface area (Å²) in [6.45, 7) is 2.17. The first-order valence-electron chi connectivity index (χ1n) is 5.91. The number of nitrogens with one attached hydrogen (secondary N) is 1. The number of methoxy groups -OCH3 is 1. The lowest BCUT2D eigenvalue weighted by atomic mass is 10.1. The molecule has 0 bridgehead atoms. The summed E-state index contributed by atoms with van der Waals surface area (Å²) in [5.41, 5.74) is 0. The zero-order valence-corrected chi connectivity index (χ0v) is 9.94. The predicted molar refractivity (Wildman–Crippen MR) is 63.6 cm³/mol. The van der Waals surface area contributed by atoms with Gasteiger partial charge in [0.2, 0.25) is 11.8 Å². The van der Waals surface area contributed by atoms with Gasteiger partial charge in [0.05, 0.1) is 7.11 Å². The van der Waals surface area contributed by atoms with Gasteiger partial charge in [0.1, 0.15) is 0 Å². The maximum atomic E-state index is 5.05. The Labute approximate surface area is 96.4 Å². The topological polar surface area (TPSA) is 47.0 Å². The Balaban J connectivity index is 1.81. The maximum absolute atomic E-state index is 5.05. The van der Waals surface area contributed by atoms with E-state index in [2.05, 4.69) is 22.2 Å². The molecule has 88 valence electrons. The second kappa shape index (κ2) is 5.14. The molecule has 1 aliphatic rings. The van der Waals surface area contributed by atoms with Crippen LogP contribution in [0.4, 0.5) is 5.95 Å². The fourth-order valence-electron chi connectivity index (χ4n) is 1.71. The number of ether oxygens (including phenoxy) is 1. The monoisotopic (exact) mass is 221 g/mol. The highest BCUT2D eigenvalue weighted by Crippen LogP contribution is 2.34. The van der Waals surface area contributed by atoms with Crippen molar-refractivity contribution in [2.45, 2.75) is 38.6 Å². The van der Waals surface area contributed by atoms with Gasteiger partial charge in [-0.2, -0.15) is 4.98 Å². The fourth-order valence-corrected chi connectivity index (χ4v) is 1.71. The van der Waals surface area contributed by atoms with Crippen LogP contribution in [0.2, 0.25) is 0 Å². The van der Waals surface area contributed by atoms with Crippen LogP contribution in [0.15, 0.2) is 12.3 Å². The molecule has 1 fully saturated rings. The Morgan fingerprint density at radius 2 is 2.38 bits per heavy atom. The molecule has 2 rings (SSSR count). The molecular weight excluding hydrogens is 202 g/mol. The molecule has 1 saturated carbocycles. The van der Waals surface area contributed by atoms with Crippen LogP contribution in [0.25, 0.3) is 0 Å². The first kappa shape index (κ1) is 11.2. The Morgan fingerprint density at radius 1 is 1.56 bits per heavy atom. The minimum Gasteiger partial charge on any atom is -0.481 e. The summed E-state index contributed by atoms with van der Waals surface area (Å²) in [5, 5.41) is 3.30. The number of nitrogens with zero attached hydrogens (tertiary/aromatic N) is 2. The Morgan fingerprint density at radius 3 is 3.06 bits per heavy atom. The second-order valence-electron chi connectivity index (χ2n) is 4.49. The number of rotatable bonds is 6. The summed E-state index contributed by atoms with van der Waals surface area (Å²) in [4.78, 5) is 8.40. The average Bonchev–Trinajstić information content (AvgIpc) is 3.10. The highest BCUT2D eigenvalue weighted by Gasteiger charge is 2.21. The molecular formula is C12H19N3O. The van der Waals surface area contributed by atoms with Crippen molar-refractivity contribution in [1.29, 1.82) is 0 Å². The van der Waals surface area contributed by atoms with Gasteiger partial charge in [0.25, 0.3) is 0 Å². The molecule has 1 unspecified atom stereocenters. The summed E-state index contributed by atoms with van der Waals surface area (Å²) in [6.07, 6.45) is 7.05. The molecule has 1 atom stereocenters. The fraction of sp³-hybridized carbons (Fsp3) is 0.667. The highest BCUT2D eigenvalue weighted by molar-refractivity contribution is 5.28. The van der Waals surface area contributed by atoms with Crippen molar-refractivity contribution in [2.75, 3.05) is 12.4 Å². The molecule has 4 heteroatoms. The van der Waals surface area contributed by atoms with Crippen LogP contribution in [0.1, 0.15) is 32.6 Å². The average molecular weight is 221 g/mol. The summed E-state index contributed by atoms with van der Waals surface area (Å²) in [6, 6.07) is 2.17. The number of anilines is 1. The van der Waals surface area contributed by atoms with E-state index in [4.69, 9.17) is 4.74 Å². The van der Waals surface area contributed by atoms with Crippen LogP contribution in [0, 0.1) is 5.92 Å². The normalized spacial score (nSPS) is 16.9. The van der Waals surface area contributed by atoms with Crippen LogP contribution in [0.5, 0.6) is 5.88 Å². The largest absolute Gasteiger partial charge is 0.481 e. The third-order valence-electron chi connectivity index (χ3n) is 2.92. The van der Waals surface area contributed by atoms with Crippen LogP contribution in [0.3, 0.4) is 0 Å². The van der Waals surface area contributed by atoms with Crippen molar-refractivity contribution < 1.29 is 4.74 Å². The lowest BCUT2D eigenvalue weighted by Crippen LogP contribution is -2.17. The molecule has 0 aromatic carbocycles. The van der Waals surface area contributed by atoms with Gasteiger partial charge in [0, 0.05) is 18.3 Å².